The molecule has 1 atom stereocenters. The number of benzene rings is 1. The van der Waals surface area contributed by atoms with Crippen molar-refractivity contribution in [3.05, 3.63) is 35.4 Å². The minimum atomic E-state index is -0.804. The molecule has 3 heteroatoms. The molecule has 0 spiro atoms. The molecule has 1 unspecified atom stereocenters. The molecule has 0 saturated carbocycles. The molecule has 3 nitrogen and oxygen atoms in total. The van der Waals surface area contributed by atoms with Gasteiger partial charge in [0, 0.05) is 7.11 Å². The first-order valence-corrected chi connectivity index (χ1v) is 5.47. The minimum absolute atomic E-state index is 0.255. The summed E-state index contributed by atoms with van der Waals surface area (Å²) in [5.41, 5.74) is 2.31. The molecule has 0 aromatic heterocycles. The van der Waals surface area contributed by atoms with Crippen LogP contribution in [0.15, 0.2) is 24.3 Å². The van der Waals surface area contributed by atoms with Crippen LogP contribution < -0.4 is 0 Å². The van der Waals surface area contributed by atoms with Gasteiger partial charge in [0.05, 0.1) is 12.5 Å². The van der Waals surface area contributed by atoms with Gasteiger partial charge in [-0.25, -0.2) is 0 Å². The molecule has 0 aliphatic carbocycles. The Labute approximate surface area is 96.1 Å². The Bertz CT molecular complexity index is 330. The van der Waals surface area contributed by atoms with Crippen LogP contribution in [0.25, 0.3) is 0 Å². The number of carboxylic acid groups (broad SMARTS) is 1. The van der Waals surface area contributed by atoms with Gasteiger partial charge >= 0.3 is 5.97 Å². The number of carbonyl (C=O) groups is 1. The lowest BCUT2D eigenvalue weighted by molar-refractivity contribution is -0.143. The van der Waals surface area contributed by atoms with Crippen molar-refractivity contribution in [2.75, 3.05) is 13.7 Å². The van der Waals surface area contributed by atoms with Gasteiger partial charge in [-0.1, -0.05) is 31.2 Å². The molecule has 0 heterocycles. The van der Waals surface area contributed by atoms with Crippen LogP contribution in [0.1, 0.15) is 18.1 Å². The van der Waals surface area contributed by atoms with Crippen LogP contribution in [0.4, 0.5) is 0 Å². The fourth-order valence-electron chi connectivity index (χ4n) is 1.61. The van der Waals surface area contributed by atoms with E-state index in [9.17, 15) is 4.79 Å². The fourth-order valence-corrected chi connectivity index (χ4v) is 1.61. The van der Waals surface area contributed by atoms with Crippen LogP contribution in [-0.4, -0.2) is 24.8 Å². The maximum Gasteiger partial charge on any atom is 0.309 e. The van der Waals surface area contributed by atoms with Gasteiger partial charge in [-0.15, -0.1) is 0 Å². The molecular formula is C13H18O3. The van der Waals surface area contributed by atoms with Crippen molar-refractivity contribution in [2.24, 2.45) is 5.92 Å². The van der Waals surface area contributed by atoms with E-state index in [0.717, 1.165) is 12.0 Å². The number of ether oxygens (including phenoxy) is 1. The number of methoxy groups -OCH3 is 1. The summed E-state index contributed by atoms with van der Waals surface area (Å²) in [6.45, 7) is 2.35. The second-order valence-electron chi connectivity index (χ2n) is 3.86. The fraction of sp³-hybridized carbons (Fsp3) is 0.462. The molecule has 1 N–H and O–H groups in total. The summed E-state index contributed by atoms with van der Waals surface area (Å²) < 4.78 is 4.90. The lowest BCUT2D eigenvalue weighted by Gasteiger charge is -2.11. The zero-order valence-electron chi connectivity index (χ0n) is 9.77. The molecule has 0 aliphatic rings. The monoisotopic (exact) mass is 222 g/mol. The van der Waals surface area contributed by atoms with Crippen molar-refractivity contribution in [1.29, 1.82) is 0 Å². The second kappa shape index (κ2) is 6.28. The second-order valence-corrected chi connectivity index (χ2v) is 3.86. The van der Waals surface area contributed by atoms with Crippen LogP contribution in [0.2, 0.25) is 0 Å². The van der Waals surface area contributed by atoms with Crippen LogP contribution in [-0.2, 0) is 22.4 Å². The van der Waals surface area contributed by atoms with E-state index in [-0.39, 0.29) is 6.61 Å². The average molecular weight is 222 g/mol. The zero-order chi connectivity index (χ0) is 12.0. The van der Waals surface area contributed by atoms with Crippen LogP contribution >= 0.6 is 0 Å². The van der Waals surface area contributed by atoms with Crippen molar-refractivity contribution in [3.8, 4) is 0 Å². The zero-order valence-corrected chi connectivity index (χ0v) is 9.77. The molecule has 0 saturated heterocycles. The van der Waals surface area contributed by atoms with Gasteiger partial charge in [0.15, 0.2) is 0 Å². The van der Waals surface area contributed by atoms with E-state index in [1.54, 1.807) is 0 Å². The van der Waals surface area contributed by atoms with Gasteiger partial charge in [0.1, 0.15) is 0 Å². The number of aryl methyl sites for hydroxylation is 1. The third-order valence-electron chi connectivity index (χ3n) is 2.63. The van der Waals surface area contributed by atoms with Crippen molar-refractivity contribution in [2.45, 2.75) is 19.8 Å². The molecular weight excluding hydrogens is 204 g/mol. The third-order valence-corrected chi connectivity index (χ3v) is 2.63. The maximum absolute atomic E-state index is 10.9. The van der Waals surface area contributed by atoms with Crippen LogP contribution in [0.3, 0.4) is 0 Å². The predicted molar refractivity (Wildman–Crippen MR) is 62.5 cm³/mol. The summed E-state index contributed by atoms with van der Waals surface area (Å²) in [5.74, 6) is -1.26. The van der Waals surface area contributed by atoms with E-state index in [1.807, 2.05) is 24.3 Å². The lowest BCUT2D eigenvalue weighted by Crippen LogP contribution is -2.21. The van der Waals surface area contributed by atoms with E-state index in [0.29, 0.717) is 6.42 Å². The molecule has 0 radical (unpaired) electrons. The summed E-state index contributed by atoms with van der Waals surface area (Å²) in [5, 5.41) is 8.99. The number of carboxylic acids is 1. The molecule has 0 aliphatic heterocycles. The predicted octanol–water partition coefficient (Wildman–Crippen LogP) is 2.14. The van der Waals surface area contributed by atoms with Crippen molar-refractivity contribution >= 4 is 5.97 Å². The van der Waals surface area contributed by atoms with Gasteiger partial charge < -0.3 is 9.84 Å². The highest BCUT2D eigenvalue weighted by atomic mass is 16.5. The summed E-state index contributed by atoms with van der Waals surface area (Å²) in [6.07, 6.45) is 1.52. The van der Waals surface area contributed by atoms with E-state index in [1.165, 1.54) is 12.7 Å². The smallest absolute Gasteiger partial charge is 0.309 e. The largest absolute Gasteiger partial charge is 0.481 e. The number of hydrogen-bond donors (Lipinski definition) is 1. The highest BCUT2D eigenvalue weighted by Gasteiger charge is 2.17. The number of hydrogen-bond acceptors (Lipinski definition) is 2. The lowest BCUT2D eigenvalue weighted by atomic mass is 9.99. The van der Waals surface area contributed by atoms with Gasteiger partial charge in [-0.05, 0) is 24.0 Å². The topological polar surface area (TPSA) is 46.5 Å². The highest BCUT2D eigenvalue weighted by molar-refractivity contribution is 5.70. The average Bonchev–Trinajstić information content (AvgIpc) is 2.29. The summed E-state index contributed by atoms with van der Waals surface area (Å²) >= 11 is 0. The summed E-state index contributed by atoms with van der Waals surface area (Å²) in [7, 11) is 1.52. The SMILES string of the molecule is CCc1ccc(CC(COC)C(=O)O)cc1. The molecule has 1 aromatic carbocycles. The van der Waals surface area contributed by atoms with E-state index in [4.69, 9.17) is 9.84 Å². The molecule has 16 heavy (non-hydrogen) atoms. The van der Waals surface area contributed by atoms with Gasteiger partial charge in [0.25, 0.3) is 0 Å². The highest BCUT2D eigenvalue weighted by Crippen LogP contribution is 2.11. The molecule has 1 aromatic rings. The first-order chi connectivity index (χ1) is 7.67. The van der Waals surface area contributed by atoms with Crippen molar-refractivity contribution in [1.82, 2.24) is 0 Å². The number of aliphatic carboxylic acids is 1. The van der Waals surface area contributed by atoms with Crippen molar-refractivity contribution in [3.63, 3.8) is 0 Å². The standard InChI is InChI=1S/C13H18O3/c1-3-10-4-6-11(7-5-10)8-12(9-16-2)13(14)15/h4-7,12H,3,8-9H2,1-2H3,(H,14,15). The minimum Gasteiger partial charge on any atom is -0.481 e. The Morgan fingerprint density at radius 2 is 1.88 bits per heavy atom. The normalized spacial score (nSPS) is 12.4. The Balaban J connectivity index is 2.65. The van der Waals surface area contributed by atoms with E-state index in [2.05, 4.69) is 6.92 Å². The Kier molecular flexibility index (Phi) is 4.99. The quantitative estimate of drug-likeness (QED) is 0.802. The molecule has 0 fully saturated rings. The molecule has 1 rings (SSSR count). The molecule has 0 amide bonds. The van der Waals surface area contributed by atoms with Gasteiger partial charge in [0.2, 0.25) is 0 Å². The number of rotatable bonds is 6. The van der Waals surface area contributed by atoms with E-state index < -0.39 is 11.9 Å². The Morgan fingerprint density at radius 1 is 1.31 bits per heavy atom. The summed E-state index contributed by atoms with van der Waals surface area (Å²) in [4.78, 5) is 10.9. The maximum atomic E-state index is 10.9. The van der Waals surface area contributed by atoms with Crippen LogP contribution in [0.5, 0.6) is 0 Å². The first kappa shape index (κ1) is 12.7. The Hall–Kier alpha value is -1.35. The molecule has 0 bridgehead atoms. The third kappa shape index (κ3) is 3.66. The van der Waals surface area contributed by atoms with Gasteiger partial charge in [-0.2, -0.15) is 0 Å². The summed E-state index contributed by atoms with van der Waals surface area (Å²) in [6, 6.07) is 8.07. The molecule has 88 valence electrons. The first-order valence-electron chi connectivity index (χ1n) is 5.47. The van der Waals surface area contributed by atoms with Gasteiger partial charge in [-0.3, -0.25) is 4.79 Å². The van der Waals surface area contributed by atoms with Crippen LogP contribution in [0, 0.1) is 5.92 Å². The van der Waals surface area contributed by atoms with Crippen molar-refractivity contribution < 1.29 is 14.6 Å². The van der Waals surface area contributed by atoms with E-state index >= 15 is 0 Å². The Morgan fingerprint density at radius 3 is 2.31 bits per heavy atom.